The van der Waals surface area contributed by atoms with E-state index in [9.17, 15) is 13.2 Å². The molecule has 34 heavy (non-hydrogen) atoms. The second-order valence-corrected chi connectivity index (χ2v) is 11.9. The summed E-state index contributed by atoms with van der Waals surface area (Å²) in [7, 11) is -3.50. The number of amides is 1. The van der Waals surface area contributed by atoms with Gasteiger partial charge in [0.25, 0.3) is 0 Å². The van der Waals surface area contributed by atoms with Gasteiger partial charge in [0.15, 0.2) is 0 Å². The first-order chi connectivity index (χ1) is 16.5. The van der Waals surface area contributed by atoms with Crippen LogP contribution in [0.1, 0.15) is 48.8 Å². The maximum Gasteiger partial charge on any atom is 0.243 e. The molecule has 182 valence electrons. The fraction of sp³-hybridized carbons (Fsp3) is 0.519. The molecule has 0 spiro atoms. The van der Waals surface area contributed by atoms with Crippen LogP contribution in [0.15, 0.2) is 53.4 Å². The van der Waals surface area contributed by atoms with Gasteiger partial charge < -0.3 is 5.32 Å². The fourth-order valence-corrected chi connectivity index (χ4v) is 7.13. The number of fused-ring (bicyclic) bond motifs is 1. The van der Waals surface area contributed by atoms with E-state index >= 15 is 0 Å². The Hall–Kier alpha value is -2.22. The second-order valence-electron chi connectivity index (χ2n) is 10.0. The van der Waals surface area contributed by atoms with Crippen molar-refractivity contribution in [2.24, 2.45) is 5.92 Å². The van der Waals surface area contributed by atoms with Gasteiger partial charge in [0.2, 0.25) is 15.9 Å². The fourth-order valence-electron chi connectivity index (χ4n) is 5.61. The quantitative estimate of drug-likeness (QED) is 0.687. The minimum absolute atomic E-state index is 0.0936. The van der Waals surface area contributed by atoms with Crippen molar-refractivity contribution >= 4 is 15.9 Å². The first kappa shape index (κ1) is 23.5. The SMILES string of the molecule is O=C(NC1CCN(Cc2ccccc2)CC1)C1CCN(S(=O)(=O)c2ccc3c(c2)CCC3)CC1. The highest BCUT2D eigenvalue weighted by Crippen LogP contribution is 2.29. The van der Waals surface area contributed by atoms with Crippen molar-refractivity contribution in [1.82, 2.24) is 14.5 Å². The summed E-state index contributed by atoms with van der Waals surface area (Å²) in [6, 6.07) is 16.3. The molecule has 3 aliphatic rings. The summed E-state index contributed by atoms with van der Waals surface area (Å²) in [5.74, 6) is -0.00935. The van der Waals surface area contributed by atoms with Crippen LogP contribution >= 0.6 is 0 Å². The Kier molecular flexibility index (Phi) is 7.04. The standard InChI is InChI=1S/C27H35N3O3S/c31-27(28-25-13-15-29(16-14-25)20-21-5-2-1-3-6-21)23-11-17-30(18-12-23)34(32,33)26-10-9-22-7-4-8-24(22)19-26/h1-3,5-6,9-10,19,23,25H,4,7-8,11-18,20H2,(H,28,31). The average Bonchev–Trinajstić information content (AvgIpc) is 3.34. The van der Waals surface area contributed by atoms with Gasteiger partial charge in [0, 0.05) is 44.7 Å². The van der Waals surface area contributed by atoms with Crippen molar-refractivity contribution in [3.8, 4) is 0 Å². The Morgan fingerprint density at radius 2 is 1.59 bits per heavy atom. The highest BCUT2D eigenvalue weighted by atomic mass is 32.2. The molecule has 0 atom stereocenters. The Labute approximate surface area is 203 Å². The number of likely N-dealkylation sites (tertiary alicyclic amines) is 1. The maximum absolute atomic E-state index is 13.2. The molecule has 1 aliphatic carbocycles. The number of nitrogens with zero attached hydrogens (tertiary/aromatic N) is 2. The van der Waals surface area contributed by atoms with Crippen molar-refractivity contribution in [2.75, 3.05) is 26.2 Å². The van der Waals surface area contributed by atoms with E-state index in [0.717, 1.165) is 51.7 Å². The van der Waals surface area contributed by atoms with Crippen LogP contribution in [-0.4, -0.2) is 55.8 Å². The molecule has 0 radical (unpaired) electrons. The molecule has 2 saturated heterocycles. The molecule has 2 aliphatic heterocycles. The molecule has 2 fully saturated rings. The van der Waals surface area contributed by atoms with E-state index in [1.54, 1.807) is 10.4 Å². The van der Waals surface area contributed by atoms with Crippen LogP contribution in [0.5, 0.6) is 0 Å². The number of carbonyl (C=O) groups excluding carboxylic acids is 1. The minimum atomic E-state index is -3.50. The molecular weight excluding hydrogens is 446 g/mol. The third-order valence-electron chi connectivity index (χ3n) is 7.72. The van der Waals surface area contributed by atoms with E-state index in [0.29, 0.717) is 30.8 Å². The van der Waals surface area contributed by atoms with Gasteiger partial charge in [-0.2, -0.15) is 4.31 Å². The zero-order valence-corrected chi connectivity index (χ0v) is 20.6. The van der Waals surface area contributed by atoms with Crippen LogP contribution in [0.4, 0.5) is 0 Å². The monoisotopic (exact) mass is 481 g/mol. The zero-order chi connectivity index (χ0) is 23.5. The molecule has 2 aromatic rings. The van der Waals surface area contributed by atoms with E-state index in [2.05, 4.69) is 34.5 Å². The molecular formula is C27H35N3O3S. The number of sulfonamides is 1. The Morgan fingerprint density at radius 3 is 2.32 bits per heavy atom. The van der Waals surface area contributed by atoms with E-state index in [-0.39, 0.29) is 17.9 Å². The summed E-state index contributed by atoms with van der Waals surface area (Å²) in [5.41, 5.74) is 3.77. The van der Waals surface area contributed by atoms with Crippen molar-refractivity contribution in [2.45, 2.75) is 62.4 Å². The molecule has 0 saturated carbocycles. The molecule has 1 N–H and O–H groups in total. The molecule has 2 aromatic carbocycles. The number of nitrogens with one attached hydrogen (secondary N) is 1. The lowest BCUT2D eigenvalue weighted by Gasteiger charge is -2.34. The molecule has 1 amide bonds. The number of piperidine rings is 2. The first-order valence-electron chi connectivity index (χ1n) is 12.7. The van der Waals surface area contributed by atoms with Crippen molar-refractivity contribution in [1.29, 1.82) is 0 Å². The molecule has 6 nitrogen and oxygen atoms in total. The summed E-state index contributed by atoms with van der Waals surface area (Å²) >= 11 is 0. The zero-order valence-electron chi connectivity index (χ0n) is 19.8. The predicted octanol–water partition coefficient (Wildman–Crippen LogP) is 3.36. The molecule has 0 aromatic heterocycles. The van der Waals surface area contributed by atoms with E-state index < -0.39 is 10.0 Å². The molecule has 0 bridgehead atoms. The summed E-state index contributed by atoms with van der Waals surface area (Å²) in [6.45, 7) is 3.74. The highest BCUT2D eigenvalue weighted by molar-refractivity contribution is 7.89. The molecule has 5 rings (SSSR count). The smallest absolute Gasteiger partial charge is 0.243 e. The number of aryl methyl sites for hydroxylation is 2. The van der Waals surface area contributed by atoms with Crippen molar-refractivity contribution in [3.05, 3.63) is 65.2 Å². The topological polar surface area (TPSA) is 69.7 Å². The number of hydrogen-bond acceptors (Lipinski definition) is 4. The lowest BCUT2D eigenvalue weighted by molar-refractivity contribution is -0.127. The summed E-state index contributed by atoms with van der Waals surface area (Å²) in [4.78, 5) is 15.7. The van der Waals surface area contributed by atoms with Gasteiger partial charge in [-0.25, -0.2) is 8.42 Å². The van der Waals surface area contributed by atoms with Gasteiger partial charge in [0.05, 0.1) is 4.90 Å². The van der Waals surface area contributed by atoms with Crippen LogP contribution in [-0.2, 0) is 34.2 Å². The van der Waals surface area contributed by atoms with Gasteiger partial charge in [0.1, 0.15) is 0 Å². The summed E-state index contributed by atoms with van der Waals surface area (Å²) in [5, 5.41) is 3.25. The number of rotatable bonds is 6. The minimum Gasteiger partial charge on any atom is -0.353 e. The third-order valence-corrected chi connectivity index (χ3v) is 9.61. The Balaban J connectivity index is 1.09. The lowest BCUT2D eigenvalue weighted by Crippen LogP contribution is -2.48. The first-order valence-corrected chi connectivity index (χ1v) is 14.1. The van der Waals surface area contributed by atoms with Gasteiger partial charge in [-0.1, -0.05) is 36.4 Å². The van der Waals surface area contributed by atoms with Gasteiger partial charge in [-0.3, -0.25) is 9.69 Å². The molecule has 2 heterocycles. The largest absolute Gasteiger partial charge is 0.353 e. The number of hydrogen-bond donors (Lipinski definition) is 1. The van der Waals surface area contributed by atoms with Crippen molar-refractivity contribution in [3.63, 3.8) is 0 Å². The maximum atomic E-state index is 13.2. The van der Waals surface area contributed by atoms with Gasteiger partial charge >= 0.3 is 0 Å². The van der Waals surface area contributed by atoms with Crippen LogP contribution < -0.4 is 5.32 Å². The van der Waals surface area contributed by atoms with E-state index in [1.165, 1.54) is 16.7 Å². The molecule has 0 unspecified atom stereocenters. The molecule has 7 heteroatoms. The van der Waals surface area contributed by atoms with Gasteiger partial charge in [-0.15, -0.1) is 0 Å². The second kappa shape index (κ2) is 10.2. The predicted molar refractivity (Wildman–Crippen MR) is 133 cm³/mol. The summed E-state index contributed by atoms with van der Waals surface area (Å²) < 4.78 is 27.9. The average molecular weight is 482 g/mol. The van der Waals surface area contributed by atoms with Crippen LogP contribution in [0.3, 0.4) is 0 Å². The highest BCUT2D eigenvalue weighted by Gasteiger charge is 2.33. The Morgan fingerprint density at radius 1 is 0.882 bits per heavy atom. The Bertz CT molecular complexity index is 1100. The van der Waals surface area contributed by atoms with E-state index in [1.807, 2.05) is 18.2 Å². The van der Waals surface area contributed by atoms with E-state index in [4.69, 9.17) is 0 Å². The third kappa shape index (κ3) is 5.21. The van der Waals surface area contributed by atoms with Crippen molar-refractivity contribution < 1.29 is 13.2 Å². The number of carbonyl (C=O) groups is 1. The van der Waals surface area contributed by atoms with Gasteiger partial charge in [-0.05, 0) is 73.8 Å². The summed E-state index contributed by atoms with van der Waals surface area (Å²) in [6.07, 6.45) is 6.21. The van der Waals surface area contributed by atoms with Crippen LogP contribution in [0.2, 0.25) is 0 Å². The number of benzene rings is 2. The van der Waals surface area contributed by atoms with Crippen LogP contribution in [0, 0.1) is 5.92 Å². The van der Waals surface area contributed by atoms with Crippen LogP contribution in [0.25, 0.3) is 0 Å². The lowest BCUT2D eigenvalue weighted by atomic mass is 9.95. The normalized spacial score (nSPS) is 20.8.